The molecule has 0 heterocycles. The predicted molar refractivity (Wildman–Crippen MR) is 59.8 cm³/mol. The Balaban J connectivity index is 2.80. The van der Waals surface area contributed by atoms with Gasteiger partial charge in [-0.05, 0) is 24.5 Å². The first-order valence-corrected chi connectivity index (χ1v) is 5.57. The summed E-state index contributed by atoms with van der Waals surface area (Å²) in [5, 5.41) is 11.1. The van der Waals surface area contributed by atoms with Crippen LogP contribution in [0.1, 0.15) is 5.56 Å². The largest absolute Gasteiger partial charge is 0.272 e. The molecule has 1 rings (SSSR count). The smallest absolute Gasteiger partial charge is 0.183 e. The lowest BCUT2D eigenvalue weighted by Crippen LogP contribution is -2.13. The summed E-state index contributed by atoms with van der Waals surface area (Å²) in [6, 6.07) is 3.19. The molecule has 0 amide bonds. The van der Waals surface area contributed by atoms with Crippen molar-refractivity contribution in [3.05, 3.63) is 35.4 Å². The molecule has 1 aromatic carbocycles. The van der Waals surface area contributed by atoms with Crippen molar-refractivity contribution >= 4 is 16.9 Å². The van der Waals surface area contributed by atoms with E-state index in [1.807, 2.05) is 0 Å². The fourth-order valence-corrected chi connectivity index (χ4v) is 1.37. The van der Waals surface area contributed by atoms with Crippen LogP contribution >= 0.6 is 11.8 Å². The van der Waals surface area contributed by atoms with E-state index in [4.69, 9.17) is 5.26 Å². The molecular weight excluding hydrogens is 232 g/mol. The monoisotopic (exact) mass is 241 g/mol. The van der Waals surface area contributed by atoms with E-state index in [0.717, 1.165) is 18.2 Å². The highest BCUT2D eigenvalue weighted by Crippen LogP contribution is 2.11. The minimum atomic E-state index is -0.512. The van der Waals surface area contributed by atoms with Gasteiger partial charge in [0.2, 0.25) is 0 Å². The fraction of sp³-hybridized carbons (Fsp3) is 0.200. The van der Waals surface area contributed by atoms with Gasteiger partial charge in [-0.15, -0.1) is 0 Å². The van der Waals surface area contributed by atoms with Crippen molar-refractivity contribution in [2.75, 3.05) is 6.26 Å². The number of nitrogens with one attached hydrogen (secondary N) is 1. The molecule has 0 aliphatic rings. The maximum atomic E-state index is 13.2. The highest BCUT2D eigenvalue weighted by atomic mass is 32.2. The topological polar surface area (TPSA) is 48.2 Å². The van der Waals surface area contributed by atoms with Crippen molar-refractivity contribution in [1.82, 2.24) is 5.32 Å². The third-order valence-corrected chi connectivity index (χ3v) is 2.37. The van der Waals surface area contributed by atoms with Crippen LogP contribution in [-0.4, -0.2) is 11.4 Å². The van der Waals surface area contributed by atoms with Gasteiger partial charge in [0.15, 0.2) is 11.4 Å². The molecule has 0 fully saturated rings. The first-order valence-electron chi connectivity index (χ1n) is 4.35. The Bertz CT molecular complexity index is 440. The van der Waals surface area contributed by atoms with Crippen LogP contribution in [0.15, 0.2) is 23.2 Å². The van der Waals surface area contributed by atoms with Gasteiger partial charge in [0.1, 0.15) is 11.6 Å². The van der Waals surface area contributed by atoms with Crippen molar-refractivity contribution < 1.29 is 8.78 Å². The van der Waals surface area contributed by atoms with Gasteiger partial charge in [-0.3, -0.25) is 10.3 Å². The van der Waals surface area contributed by atoms with Crippen molar-refractivity contribution in [1.29, 1.82) is 5.26 Å². The SMILES string of the molecule is CSC(=NCc1cc(F)ccc1F)NC#N. The summed E-state index contributed by atoms with van der Waals surface area (Å²) in [6.07, 6.45) is 3.44. The Morgan fingerprint density at radius 1 is 1.56 bits per heavy atom. The lowest BCUT2D eigenvalue weighted by molar-refractivity contribution is 0.586. The van der Waals surface area contributed by atoms with Crippen LogP contribution < -0.4 is 5.32 Å². The quantitative estimate of drug-likeness (QED) is 0.374. The van der Waals surface area contributed by atoms with E-state index in [2.05, 4.69) is 10.3 Å². The summed E-state index contributed by atoms with van der Waals surface area (Å²) in [5.74, 6) is -1.02. The van der Waals surface area contributed by atoms with Crippen LogP contribution in [0.25, 0.3) is 0 Å². The minimum Gasteiger partial charge on any atom is -0.272 e. The summed E-state index contributed by atoms with van der Waals surface area (Å²) in [5.41, 5.74) is 0.159. The zero-order valence-corrected chi connectivity index (χ0v) is 9.31. The number of rotatable bonds is 2. The molecule has 16 heavy (non-hydrogen) atoms. The molecule has 0 spiro atoms. The third kappa shape index (κ3) is 3.51. The van der Waals surface area contributed by atoms with E-state index in [-0.39, 0.29) is 12.1 Å². The van der Waals surface area contributed by atoms with Gasteiger partial charge in [0, 0.05) is 5.56 Å². The van der Waals surface area contributed by atoms with Crippen LogP contribution in [0.5, 0.6) is 0 Å². The summed E-state index contributed by atoms with van der Waals surface area (Å²) < 4.78 is 26.0. The summed E-state index contributed by atoms with van der Waals surface area (Å²) in [4.78, 5) is 3.94. The second-order valence-corrected chi connectivity index (χ2v) is 3.59. The molecule has 0 bridgehead atoms. The number of nitriles is 1. The Hall–Kier alpha value is -1.61. The summed E-state index contributed by atoms with van der Waals surface area (Å²) >= 11 is 1.22. The number of benzene rings is 1. The average Bonchev–Trinajstić information content (AvgIpc) is 2.28. The number of halogens is 2. The van der Waals surface area contributed by atoms with E-state index >= 15 is 0 Å². The average molecular weight is 241 g/mol. The minimum absolute atomic E-state index is 0.00551. The van der Waals surface area contributed by atoms with Gasteiger partial charge < -0.3 is 0 Å². The first-order chi connectivity index (χ1) is 7.67. The lowest BCUT2D eigenvalue weighted by Gasteiger charge is -2.02. The molecule has 84 valence electrons. The van der Waals surface area contributed by atoms with Crippen molar-refractivity contribution in [3.63, 3.8) is 0 Å². The molecule has 1 N–H and O–H groups in total. The Kier molecular flexibility index (Phi) is 4.73. The molecule has 0 saturated heterocycles. The highest BCUT2D eigenvalue weighted by molar-refractivity contribution is 8.13. The van der Waals surface area contributed by atoms with Gasteiger partial charge in [-0.25, -0.2) is 8.78 Å². The fourth-order valence-electron chi connectivity index (χ4n) is 1.02. The van der Waals surface area contributed by atoms with Crippen molar-refractivity contribution in [3.8, 4) is 6.19 Å². The lowest BCUT2D eigenvalue weighted by atomic mass is 10.2. The van der Waals surface area contributed by atoms with E-state index < -0.39 is 11.6 Å². The Morgan fingerprint density at radius 2 is 2.31 bits per heavy atom. The van der Waals surface area contributed by atoms with Gasteiger partial charge in [-0.1, -0.05) is 11.8 Å². The highest BCUT2D eigenvalue weighted by Gasteiger charge is 2.03. The van der Waals surface area contributed by atoms with Gasteiger partial charge in [0.05, 0.1) is 6.54 Å². The van der Waals surface area contributed by atoms with Crippen LogP contribution in [0.2, 0.25) is 0 Å². The number of nitrogens with zero attached hydrogens (tertiary/aromatic N) is 2. The second-order valence-electron chi connectivity index (χ2n) is 2.80. The van der Waals surface area contributed by atoms with Gasteiger partial charge >= 0.3 is 0 Å². The summed E-state index contributed by atoms with van der Waals surface area (Å²) in [7, 11) is 0. The molecule has 0 atom stereocenters. The normalized spacial score (nSPS) is 11.0. The van der Waals surface area contributed by atoms with Crippen molar-refractivity contribution in [2.24, 2.45) is 4.99 Å². The molecule has 0 saturated carbocycles. The molecular formula is C10H9F2N3S. The van der Waals surface area contributed by atoms with Crippen LogP contribution in [-0.2, 0) is 6.54 Å². The van der Waals surface area contributed by atoms with E-state index in [1.54, 1.807) is 12.4 Å². The predicted octanol–water partition coefficient (Wildman–Crippen LogP) is 2.25. The van der Waals surface area contributed by atoms with E-state index in [1.165, 1.54) is 11.8 Å². The molecule has 0 aliphatic heterocycles. The molecule has 1 aromatic rings. The van der Waals surface area contributed by atoms with Gasteiger partial charge in [-0.2, -0.15) is 5.26 Å². The summed E-state index contributed by atoms with van der Waals surface area (Å²) in [6.45, 7) is -0.00551. The standard InChI is InChI=1S/C10H9F2N3S/c1-16-10(15-6-13)14-5-7-4-8(11)2-3-9(7)12/h2-4H,5H2,1H3,(H,14,15). The Morgan fingerprint density at radius 3 is 2.94 bits per heavy atom. The molecule has 0 radical (unpaired) electrons. The molecule has 6 heteroatoms. The number of hydrogen-bond donors (Lipinski definition) is 1. The third-order valence-electron chi connectivity index (χ3n) is 1.76. The van der Waals surface area contributed by atoms with E-state index in [0.29, 0.717) is 5.17 Å². The van der Waals surface area contributed by atoms with Crippen LogP contribution in [0.3, 0.4) is 0 Å². The molecule has 0 aliphatic carbocycles. The maximum absolute atomic E-state index is 13.2. The number of aliphatic imine (C=N–C) groups is 1. The molecule has 0 aromatic heterocycles. The zero-order chi connectivity index (χ0) is 12.0. The number of hydrogen-bond acceptors (Lipinski definition) is 3. The Labute approximate surface area is 96.2 Å². The number of thioether (sulfide) groups is 1. The van der Waals surface area contributed by atoms with Gasteiger partial charge in [0.25, 0.3) is 0 Å². The van der Waals surface area contributed by atoms with Crippen molar-refractivity contribution in [2.45, 2.75) is 6.54 Å². The number of amidine groups is 1. The van der Waals surface area contributed by atoms with Crippen LogP contribution in [0, 0.1) is 23.1 Å². The van der Waals surface area contributed by atoms with E-state index in [9.17, 15) is 8.78 Å². The first kappa shape index (κ1) is 12.5. The second kappa shape index (κ2) is 6.08. The maximum Gasteiger partial charge on any atom is 0.183 e. The zero-order valence-electron chi connectivity index (χ0n) is 8.50. The molecule has 3 nitrogen and oxygen atoms in total. The molecule has 0 unspecified atom stereocenters. The van der Waals surface area contributed by atoms with Crippen LogP contribution in [0.4, 0.5) is 8.78 Å².